The summed E-state index contributed by atoms with van der Waals surface area (Å²) >= 11 is 0. The predicted molar refractivity (Wildman–Crippen MR) is 113 cm³/mol. The van der Waals surface area contributed by atoms with Gasteiger partial charge < -0.3 is 14.2 Å². The van der Waals surface area contributed by atoms with Gasteiger partial charge in [-0.15, -0.1) is 0 Å². The molecule has 4 heteroatoms. The van der Waals surface area contributed by atoms with E-state index < -0.39 is 0 Å². The fourth-order valence-electron chi connectivity index (χ4n) is 2.46. The summed E-state index contributed by atoms with van der Waals surface area (Å²) in [5.41, 5.74) is 1.67. The maximum atomic E-state index is 6.08. The Hall–Kier alpha value is -3.53. The van der Waals surface area contributed by atoms with Crippen LogP contribution in [0, 0.1) is 0 Å². The van der Waals surface area contributed by atoms with Crippen molar-refractivity contribution in [2.45, 2.75) is 13.3 Å². The Morgan fingerprint density at radius 2 is 1.39 bits per heavy atom. The van der Waals surface area contributed by atoms with E-state index in [1.807, 2.05) is 91.9 Å². The van der Waals surface area contributed by atoms with Crippen LogP contribution in [0.2, 0.25) is 0 Å². The fraction of sp³-hybridized carbons (Fsp3) is 0.125. The molecule has 0 aliphatic rings. The average molecular weight is 373 g/mol. The zero-order valence-electron chi connectivity index (χ0n) is 16.0. The van der Waals surface area contributed by atoms with Crippen molar-refractivity contribution in [2.75, 3.05) is 7.11 Å². The van der Waals surface area contributed by atoms with Crippen molar-refractivity contribution < 1.29 is 14.2 Å². The Morgan fingerprint density at radius 1 is 0.786 bits per heavy atom. The van der Waals surface area contributed by atoms with Crippen LogP contribution in [0.5, 0.6) is 17.2 Å². The van der Waals surface area contributed by atoms with Crippen molar-refractivity contribution >= 4 is 11.6 Å². The molecule has 3 aromatic carbocycles. The number of para-hydroxylation sites is 2. The molecule has 142 valence electrons. The largest absolute Gasteiger partial charge is 0.497 e. The first-order valence-electron chi connectivity index (χ1n) is 9.15. The van der Waals surface area contributed by atoms with Gasteiger partial charge in [0.2, 0.25) is 5.90 Å². The maximum absolute atomic E-state index is 6.08. The minimum Gasteiger partial charge on any atom is -0.497 e. The molecule has 3 aromatic rings. The van der Waals surface area contributed by atoms with E-state index in [0.29, 0.717) is 18.1 Å². The standard InChI is InChI=1S/C24H23NO3/c1-3-19(18-27-22-16-14-21(26-2)15-17-22)24(25-20-10-6-4-7-11-20)28-23-12-8-5-9-13-23/h4-18H,3H2,1-2H3/b19-18?,25-24+. The summed E-state index contributed by atoms with van der Waals surface area (Å²) in [4.78, 5) is 4.69. The molecule has 0 N–H and O–H groups in total. The summed E-state index contributed by atoms with van der Waals surface area (Å²) in [5.74, 6) is 2.73. The highest BCUT2D eigenvalue weighted by Crippen LogP contribution is 2.21. The molecule has 0 radical (unpaired) electrons. The monoisotopic (exact) mass is 373 g/mol. The predicted octanol–water partition coefficient (Wildman–Crippen LogP) is 6.18. The number of aliphatic imine (C=N–C) groups is 1. The van der Waals surface area contributed by atoms with Crippen molar-refractivity contribution in [3.05, 3.63) is 96.8 Å². The summed E-state index contributed by atoms with van der Waals surface area (Å²) in [6, 6.07) is 26.8. The van der Waals surface area contributed by atoms with Crippen LogP contribution in [0.4, 0.5) is 5.69 Å². The second-order valence-electron chi connectivity index (χ2n) is 5.96. The molecule has 0 saturated heterocycles. The number of hydrogen-bond acceptors (Lipinski definition) is 4. The van der Waals surface area contributed by atoms with Gasteiger partial charge in [-0.05, 0) is 55.0 Å². The van der Waals surface area contributed by atoms with E-state index in [0.717, 1.165) is 22.8 Å². The number of rotatable bonds is 7. The Labute approximate surface area is 165 Å². The van der Waals surface area contributed by atoms with Crippen LogP contribution >= 0.6 is 0 Å². The second-order valence-corrected chi connectivity index (χ2v) is 5.96. The SMILES string of the molecule is CCC(=COc1ccc(OC)cc1)/C(=N\c1ccccc1)Oc1ccccc1. The number of methoxy groups -OCH3 is 1. The van der Waals surface area contributed by atoms with Gasteiger partial charge >= 0.3 is 0 Å². The summed E-state index contributed by atoms with van der Waals surface area (Å²) < 4.78 is 17.1. The van der Waals surface area contributed by atoms with Crippen LogP contribution in [0.3, 0.4) is 0 Å². The molecule has 0 aliphatic heterocycles. The minimum atomic E-state index is 0.508. The highest BCUT2D eigenvalue weighted by Gasteiger charge is 2.10. The molecule has 0 aromatic heterocycles. The normalized spacial score (nSPS) is 11.8. The first-order chi connectivity index (χ1) is 13.8. The van der Waals surface area contributed by atoms with Crippen LogP contribution in [-0.4, -0.2) is 13.0 Å². The molecular formula is C24H23NO3. The summed E-state index contributed by atoms with van der Waals surface area (Å²) in [6.07, 6.45) is 2.39. The van der Waals surface area contributed by atoms with Gasteiger partial charge in [0.05, 0.1) is 19.1 Å². The molecule has 0 spiro atoms. The molecule has 0 unspecified atom stereocenters. The second kappa shape index (κ2) is 9.97. The molecule has 0 heterocycles. The number of hydrogen-bond donors (Lipinski definition) is 0. The highest BCUT2D eigenvalue weighted by molar-refractivity contribution is 5.96. The van der Waals surface area contributed by atoms with Crippen LogP contribution < -0.4 is 14.2 Å². The molecule has 0 fully saturated rings. The Morgan fingerprint density at radius 3 is 2.00 bits per heavy atom. The molecule has 3 rings (SSSR count). The molecule has 4 nitrogen and oxygen atoms in total. The highest BCUT2D eigenvalue weighted by atomic mass is 16.5. The first-order valence-corrected chi connectivity index (χ1v) is 9.15. The van der Waals surface area contributed by atoms with Crippen molar-refractivity contribution in [1.82, 2.24) is 0 Å². The lowest BCUT2D eigenvalue weighted by Gasteiger charge is -2.12. The minimum absolute atomic E-state index is 0.508. The van der Waals surface area contributed by atoms with E-state index >= 15 is 0 Å². The molecule has 0 saturated carbocycles. The quantitative estimate of drug-likeness (QED) is 0.282. The van der Waals surface area contributed by atoms with Crippen LogP contribution in [-0.2, 0) is 0 Å². The van der Waals surface area contributed by atoms with Crippen molar-refractivity contribution in [3.63, 3.8) is 0 Å². The van der Waals surface area contributed by atoms with Gasteiger partial charge in [-0.1, -0.05) is 43.3 Å². The van der Waals surface area contributed by atoms with Gasteiger partial charge in [0.25, 0.3) is 0 Å². The topological polar surface area (TPSA) is 40.0 Å². The Balaban J connectivity index is 1.88. The molecule has 28 heavy (non-hydrogen) atoms. The van der Waals surface area contributed by atoms with E-state index in [4.69, 9.17) is 19.2 Å². The number of benzene rings is 3. The van der Waals surface area contributed by atoms with E-state index in [1.165, 1.54) is 0 Å². The van der Waals surface area contributed by atoms with Crippen molar-refractivity contribution in [3.8, 4) is 17.2 Å². The lowest BCUT2D eigenvalue weighted by atomic mass is 10.2. The number of nitrogens with zero attached hydrogens (tertiary/aromatic N) is 1. The summed E-state index contributed by atoms with van der Waals surface area (Å²) in [7, 11) is 1.64. The molecule has 0 amide bonds. The Kier molecular flexibility index (Phi) is 6.85. The van der Waals surface area contributed by atoms with E-state index in [1.54, 1.807) is 13.4 Å². The summed E-state index contributed by atoms with van der Waals surface area (Å²) in [5, 5.41) is 0. The van der Waals surface area contributed by atoms with Gasteiger partial charge in [0, 0.05) is 5.57 Å². The summed E-state index contributed by atoms with van der Waals surface area (Å²) in [6.45, 7) is 2.04. The van der Waals surface area contributed by atoms with Gasteiger partial charge in [-0.25, -0.2) is 4.99 Å². The van der Waals surface area contributed by atoms with Crippen LogP contribution in [0.15, 0.2) is 102 Å². The smallest absolute Gasteiger partial charge is 0.226 e. The van der Waals surface area contributed by atoms with E-state index in [9.17, 15) is 0 Å². The Bertz CT molecular complexity index is 917. The molecule has 0 bridgehead atoms. The number of ether oxygens (including phenoxy) is 3. The van der Waals surface area contributed by atoms with Crippen LogP contribution in [0.25, 0.3) is 0 Å². The average Bonchev–Trinajstić information content (AvgIpc) is 2.76. The fourth-order valence-corrected chi connectivity index (χ4v) is 2.46. The third-order valence-electron chi connectivity index (χ3n) is 4.00. The third-order valence-corrected chi connectivity index (χ3v) is 4.00. The maximum Gasteiger partial charge on any atom is 0.226 e. The lowest BCUT2D eigenvalue weighted by Crippen LogP contribution is -2.12. The molecule has 0 aliphatic carbocycles. The third kappa shape index (κ3) is 5.48. The van der Waals surface area contributed by atoms with E-state index in [2.05, 4.69) is 0 Å². The lowest BCUT2D eigenvalue weighted by molar-refractivity contribution is 0.412. The van der Waals surface area contributed by atoms with Gasteiger partial charge in [-0.3, -0.25) is 0 Å². The molecular weight excluding hydrogens is 350 g/mol. The van der Waals surface area contributed by atoms with Crippen molar-refractivity contribution in [2.24, 2.45) is 4.99 Å². The van der Waals surface area contributed by atoms with Gasteiger partial charge in [-0.2, -0.15) is 0 Å². The zero-order chi connectivity index (χ0) is 19.6. The van der Waals surface area contributed by atoms with E-state index in [-0.39, 0.29) is 0 Å². The van der Waals surface area contributed by atoms with Gasteiger partial charge in [0.15, 0.2) is 0 Å². The first kappa shape index (κ1) is 19.2. The van der Waals surface area contributed by atoms with Gasteiger partial charge in [0.1, 0.15) is 17.2 Å². The molecule has 0 atom stereocenters. The van der Waals surface area contributed by atoms with Crippen molar-refractivity contribution in [1.29, 1.82) is 0 Å². The van der Waals surface area contributed by atoms with Crippen LogP contribution in [0.1, 0.15) is 13.3 Å². The zero-order valence-corrected chi connectivity index (χ0v) is 16.0.